The van der Waals surface area contributed by atoms with Crippen LogP contribution in [0.5, 0.6) is 0 Å². The maximum Gasteiger partial charge on any atom is 0.295 e. The number of carbonyl (C=O) groups excluding carboxylic acids is 1. The van der Waals surface area contributed by atoms with E-state index in [1.54, 1.807) is 18.2 Å². The van der Waals surface area contributed by atoms with Gasteiger partial charge in [0.25, 0.3) is 11.5 Å². The number of nitrogens with one attached hydrogen (secondary N) is 2. The molecule has 2 aromatic carbocycles. The summed E-state index contributed by atoms with van der Waals surface area (Å²) in [6.07, 6.45) is 1.35. The second-order valence-corrected chi connectivity index (χ2v) is 6.35. The van der Waals surface area contributed by atoms with Crippen LogP contribution in [-0.2, 0) is 0 Å². The van der Waals surface area contributed by atoms with Crippen LogP contribution in [0.2, 0.25) is 15.1 Å². The van der Waals surface area contributed by atoms with Gasteiger partial charge in [-0.15, -0.1) is 0 Å². The zero-order valence-corrected chi connectivity index (χ0v) is 14.8. The average Bonchev–Trinajstić information content (AvgIpc) is 2.92. The van der Waals surface area contributed by atoms with Gasteiger partial charge in [0.05, 0.1) is 20.8 Å². The predicted octanol–water partition coefficient (Wildman–Crippen LogP) is 3.96. The highest BCUT2D eigenvalue weighted by Gasteiger charge is 2.15. The molecule has 0 spiro atoms. The number of amides is 1. The van der Waals surface area contributed by atoms with Crippen molar-refractivity contribution in [1.29, 1.82) is 0 Å². The van der Waals surface area contributed by atoms with Crippen LogP contribution in [0.1, 0.15) is 10.4 Å². The van der Waals surface area contributed by atoms with E-state index in [-0.39, 0.29) is 20.8 Å². The molecule has 0 bridgehead atoms. The molecular formula is C16H11Cl3N4O2. The van der Waals surface area contributed by atoms with E-state index < -0.39 is 11.5 Å². The summed E-state index contributed by atoms with van der Waals surface area (Å²) in [6.45, 7) is 0. The molecule has 0 radical (unpaired) electrons. The van der Waals surface area contributed by atoms with E-state index in [4.69, 9.17) is 40.5 Å². The van der Waals surface area contributed by atoms with Crippen LogP contribution < -0.4 is 16.6 Å². The van der Waals surface area contributed by atoms with Crippen LogP contribution in [0.3, 0.4) is 0 Å². The number of benzene rings is 2. The Labute approximate surface area is 157 Å². The summed E-state index contributed by atoms with van der Waals surface area (Å²) in [7, 11) is 0. The lowest BCUT2D eigenvalue weighted by atomic mass is 10.2. The predicted molar refractivity (Wildman–Crippen MR) is 100 cm³/mol. The zero-order valence-electron chi connectivity index (χ0n) is 12.5. The summed E-state index contributed by atoms with van der Waals surface area (Å²) in [4.78, 5) is 24.7. The fraction of sp³-hybridized carbons (Fsp3) is 0. The molecule has 128 valence electrons. The van der Waals surface area contributed by atoms with E-state index in [0.717, 1.165) is 4.68 Å². The summed E-state index contributed by atoms with van der Waals surface area (Å²) >= 11 is 18.0. The summed E-state index contributed by atoms with van der Waals surface area (Å²) in [6, 6.07) is 9.29. The fourth-order valence-corrected chi connectivity index (χ4v) is 2.82. The van der Waals surface area contributed by atoms with Crippen LogP contribution in [-0.4, -0.2) is 15.7 Å². The van der Waals surface area contributed by atoms with Crippen molar-refractivity contribution in [2.75, 3.05) is 11.1 Å². The Balaban J connectivity index is 1.93. The van der Waals surface area contributed by atoms with E-state index in [9.17, 15) is 9.59 Å². The highest BCUT2D eigenvalue weighted by Crippen LogP contribution is 2.30. The number of halogens is 3. The van der Waals surface area contributed by atoms with Crippen LogP contribution in [0, 0.1) is 0 Å². The third-order valence-corrected chi connectivity index (χ3v) is 4.42. The van der Waals surface area contributed by atoms with Crippen LogP contribution in [0.25, 0.3) is 5.69 Å². The number of nitrogens with two attached hydrogens (primary N) is 1. The number of aromatic nitrogens is 2. The van der Waals surface area contributed by atoms with Crippen molar-refractivity contribution in [3.63, 3.8) is 0 Å². The first-order chi connectivity index (χ1) is 11.9. The summed E-state index contributed by atoms with van der Waals surface area (Å²) in [5, 5.41) is 5.99. The third-order valence-electron chi connectivity index (χ3n) is 3.40. The van der Waals surface area contributed by atoms with Gasteiger partial charge in [-0.3, -0.25) is 14.7 Å². The second kappa shape index (κ2) is 6.84. The van der Waals surface area contributed by atoms with Crippen LogP contribution >= 0.6 is 34.8 Å². The molecule has 0 fully saturated rings. The minimum atomic E-state index is -0.502. The zero-order chi connectivity index (χ0) is 18.1. The Bertz CT molecular complexity index is 1030. The van der Waals surface area contributed by atoms with Crippen molar-refractivity contribution in [2.24, 2.45) is 0 Å². The monoisotopic (exact) mass is 396 g/mol. The smallest absolute Gasteiger partial charge is 0.295 e. The van der Waals surface area contributed by atoms with Crippen molar-refractivity contribution in [3.8, 4) is 5.69 Å². The molecule has 0 saturated carbocycles. The number of carbonyl (C=O) groups is 1. The molecule has 0 unspecified atom stereocenters. The number of H-pyrrole nitrogens is 1. The van der Waals surface area contributed by atoms with E-state index in [1.165, 1.54) is 24.4 Å². The van der Waals surface area contributed by atoms with E-state index in [2.05, 4.69) is 10.4 Å². The third kappa shape index (κ3) is 3.51. The first-order valence-corrected chi connectivity index (χ1v) is 8.12. The van der Waals surface area contributed by atoms with E-state index in [0.29, 0.717) is 16.9 Å². The number of aromatic amines is 1. The number of nitrogen functional groups attached to an aromatic ring is 1. The topological polar surface area (TPSA) is 92.9 Å². The van der Waals surface area contributed by atoms with Gasteiger partial charge in [-0.25, -0.2) is 4.68 Å². The Morgan fingerprint density at radius 2 is 1.80 bits per heavy atom. The molecule has 1 amide bonds. The Hall–Kier alpha value is -2.41. The normalized spacial score (nSPS) is 10.7. The van der Waals surface area contributed by atoms with Gasteiger partial charge < -0.3 is 11.1 Å². The maximum absolute atomic E-state index is 12.5. The largest absolute Gasteiger partial charge is 0.399 e. The maximum atomic E-state index is 12.5. The average molecular weight is 398 g/mol. The van der Waals surface area contributed by atoms with Gasteiger partial charge in [0, 0.05) is 17.4 Å². The summed E-state index contributed by atoms with van der Waals surface area (Å²) in [5.41, 5.74) is 6.29. The highest BCUT2D eigenvalue weighted by atomic mass is 35.5. The number of anilines is 2. The van der Waals surface area contributed by atoms with Gasteiger partial charge in [-0.05, 0) is 30.3 Å². The van der Waals surface area contributed by atoms with E-state index >= 15 is 0 Å². The van der Waals surface area contributed by atoms with Gasteiger partial charge in [0.1, 0.15) is 5.69 Å². The first kappa shape index (κ1) is 17.4. The van der Waals surface area contributed by atoms with Gasteiger partial charge in [0.15, 0.2) is 0 Å². The quantitative estimate of drug-likeness (QED) is 0.461. The minimum absolute atomic E-state index is 0.0505. The fourth-order valence-electron chi connectivity index (χ4n) is 2.20. The number of hydrogen-bond acceptors (Lipinski definition) is 3. The van der Waals surface area contributed by atoms with Gasteiger partial charge in [-0.2, -0.15) is 0 Å². The lowest BCUT2D eigenvalue weighted by Crippen LogP contribution is -2.21. The summed E-state index contributed by atoms with van der Waals surface area (Å²) < 4.78 is 1.15. The van der Waals surface area contributed by atoms with Gasteiger partial charge in [-0.1, -0.05) is 40.9 Å². The number of rotatable bonds is 3. The summed E-state index contributed by atoms with van der Waals surface area (Å²) in [5.74, 6) is -0.462. The molecule has 6 nitrogen and oxygen atoms in total. The SMILES string of the molecule is Nc1cccc(C(=O)Nc2c[nH]n(-c3cc(Cl)c(Cl)cc3Cl)c2=O)c1. The van der Waals surface area contributed by atoms with Crippen molar-refractivity contribution in [3.05, 3.63) is 73.6 Å². The number of nitrogens with zero attached hydrogens (tertiary/aromatic N) is 1. The molecule has 0 atom stereocenters. The van der Waals surface area contributed by atoms with Crippen molar-refractivity contribution < 1.29 is 4.79 Å². The van der Waals surface area contributed by atoms with Crippen molar-refractivity contribution >= 4 is 52.1 Å². The molecule has 1 aromatic heterocycles. The molecule has 3 aromatic rings. The molecule has 4 N–H and O–H groups in total. The number of hydrogen-bond donors (Lipinski definition) is 3. The van der Waals surface area contributed by atoms with Crippen LogP contribution in [0.4, 0.5) is 11.4 Å². The van der Waals surface area contributed by atoms with Gasteiger partial charge >= 0.3 is 0 Å². The van der Waals surface area contributed by atoms with Crippen LogP contribution in [0.15, 0.2) is 47.4 Å². The van der Waals surface area contributed by atoms with Gasteiger partial charge in [0.2, 0.25) is 0 Å². The molecule has 1 heterocycles. The molecular weight excluding hydrogens is 387 g/mol. The molecule has 0 aliphatic rings. The molecule has 3 rings (SSSR count). The molecule has 0 saturated heterocycles. The standard InChI is InChI=1S/C16H11Cl3N4O2/c17-10-5-12(19)14(6-11(10)18)23-16(25)13(7-21-23)22-15(24)8-2-1-3-9(20)4-8/h1-7,21H,20H2,(H,22,24). The minimum Gasteiger partial charge on any atom is -0.399 e. The van der Waals surface area contributed by atoms with E-state index in [1.807, 2.05) is 0 Å². The molecule has 0 aliphatic carbocycles. The Morgan fingerprint density at radius 3 is 2.52 bits per heavy atom. The molecule has 9 heteroatoms. The molecule has 25 heavy (non-hydrogen) atoms. The second-order valence-electron chi connectivity index (χ2n) is 5.12. The van der Waals surface area contributed by atoms with Crippen molar-refractivity contribution in [2.45, 2.75) is 0 Å². The van der Waals surface area contributed by atoms with Crippen molar-refractivity contribution in [1.82, 2.24) is 9.78 Å². The highest BCUT2D eigenvalue weighted by molar-refractivity contribution is 6.43. The molecule has 0 aliphatic heterocycles. The lowest BCUT2D eigenvalue weighted by Gasteiger charge is -2.06. The Kier molecular flexibility index (Phi) is 4.76. The lowest BCUT2D eigenvalue weighted by molar-refractivity contribution is 0.102. The Morgan fingerprint density at radius 1 is 1.08 bits per heavy atom. The first-order valence-electron chi connectivity index (χ1n) is 6.99.